The minimum Gasteiger partial charge on any atom is -0.508 e. The Morgan fingerprint density at radius 2 is 1.94 bits per heavy atom. The second kappa shape index (κ2) is 8.10. The Balaban J connectivity index is 1.75. The molecule has 2 aromatic heterocycles. The number of nitrogens with zero attached hydrogens (tertiary/aromatic N) is 4. The molecule has 0 aliphatic carbocycles. The Morgan fingerprint density at radius 3 is 2.64 bits per heavy atom. The van der Waals surface area contributed by atoms with Gasteiger partial charge in [0, 0.05) is 36.0 Å². The molecule has 0 saturated carbocycles. The highest BCUT2D eigenvalue weighted by molar-refractivity contribution is 6.01. The lowest BCUT2D eigenvalue weighted by Gasteiger charge is -2.30. The summed E-state index contributed by atoms with van der Waals surface area (Å²) in [4.78, 5) is 6.79. The average Bonchev–Trinajstić information content (AvgIpc) is 3.18. The first-order valence-electron chi connectivity index (χ1n) is 10.9. The minimum absolute atomic E-state index is 0.117. The number of nitrogens with one attached hydrogen (secondary N) is 1. The van der Waals surface area contributed by atoms with Gasteiger partial charge in [-0.25, -0.2) is 9.37 Å². The third-order valence-electron chi connectivity index (χ3n) is 6.22. The molecule has 0 bridgehead atoms. The fourth-order valence-corrected chi connectivity index (χ4v) is 4.62. The molecule has 2 aromatic carbocycles. The lowest BCUT2D eigenvalue weighted by Crippen LogP contribution is -2.29. The number of nitrogens with two attached hydrogens (primary N) is 1. The molecule has 33 heavy (non-hydrogen) atoms. The van der Waals surface area contributed by atoms with Crippen LogP contribution in [-0.2, 0) is 0 Å². The van der Waals surface area contributed by atoms with Crippen LogP contribution in [0.2, 0.25) is 0 Å². The first-order chi connectivity index (χ1) is 16.0. The van der Waals surface area contributed by atoms with Gasteiger partial charge in [0.1, 0.15) is 17.6 Å². The molecule has 3 heterocycles. The maximum absolute atomic E-state index is 14.8. The second-order valence-electron chi connectivity index (χ2n) is 8.35. The molecule has 1 aliphatic heterocycles. The number of nitrogen functional groups attached to an aromatic ring is 1. The molecule has 1 aliphatic rings. The van der Waals surface area contributed by atoms with E-state index < -0.39 is 5.82 Å². The summed E-state index contributed by atoms with van der Waals surface area (Å²) in [6, 6.07) is 11.8. The number of phenolic OH excluding ortho intramolecular Hbond substituents is 1. The van der Waals surface area contributed by atoms with Crippen molar-refractivity contribution in [3.8, 4) is 34.2 Å². The molecule has 8 heteroatoms. The van der Waals surface area contributed by atoms with E-state index in [0.29, 0.717) is 22.3 Å². The van der Waals surface area contributed by atoms with Crippen LogP contribution in [0, 0.1) is 24.1 Å². The van der Waals surface area contributed by atoms with Gasteiger partial charge in [-0.2, -0.15) is 10.4 Å². The van der Waals surface area contributed by atoms with E-state index in [2.05, 4.69) is 26.2 Å². The Labute approximate surface area is 190 Å². The van der Waals surface area contributed by atoms with Crippen molar-refractivity contribution in [2.75, 3.05) is 23.7 Å². The Kier molecular flexibility index (Phi) is 5.09. The number of hydrogen-bond acceptors (Lipinski definition) is 6. The molecule has 166 valence electrons. The van der Waals surface area contributed by atoms with Gasteiger partial charge in [-0.1, -0.05) is 6.07 Å². The first-order valence-corrected chi connectivity index (χ1v) is 10.9. The van der Waals surface area contributed by atoms with Gasteiger partial charge < -0.3 is 15.7 Å². The van der Waals surface area contributed by atoms with Crippen LogP contribution in [0.1, 0.15) is 30.5 Å². The van der Waals surface area contributed by atoms with Gasteiger partial charge in [-0.3, -0.25) is 5.10 Å². The molecule has 0 radical (unpaired) electrons. The van der Waals surface area contributed by atoms with Crippen molar-refractivity contribution in [1.82, 2.24) is 15.2 Å². The largest absolute Gasteiger partial charge is 0.508 e. The number of benzene rings is 2. The molecular formula is C25H23FN6O. The number of nitriles is 1. The number of halogens is 1. The summed E-state index contributed by atoms with van der Waals surface area (Å²) in [5.41, 5.74) is 11.1. The number of piperidine rings is 1. The van der Waals surface area contributed by atoms with Crippen LogP contribution in [0.25, 0.3) is 33.4 Å². The summed E-state index contributed by atoms with van der Waals surface area (Å²) < 4.78 is 14.8. The molecule has 0 unspecified atom stereocenters. The van der Waals surface area contributed by atoms with E-state index in [-0.39, 0.29) is 22.6 Å². The van der Waals surface area contributed by atoms with E-state index in [4.69, 9.17) is 5.73 Å². The molecule has 4 aromatic rings. The van der Waals surface area contributed by atoms with Crippen molar-refractivity contribution in [2.45, 2.75) is 26.2 Å². The van der Waals surface area contributed by atoms with E-state index in [9.17, 15) is 14.8 Å². The maximum Gasteiger partial charge on any atom is 0.182 e. The van der Waals surface area contributed by atoms with Crippen LogP contribution in [0.15, 0.2) is 36.4 Å². The minimum atomic E-state index is -0.670. The summed E-state index contributed by atoms with van der Waals surface area (Å²) in [7, 11) is 0. The van der Waals surface area contributed by atoms with Crippen molar-refractivity contribution in [3.05, 3.63) is 53.5 Å². The van der Waals surface area contributed by atoms with Gasteiger partial charge in [-0.05, 0) is 56.0 Å². The lowest BCUT2D eigenvalue weighted by molar-refractivity contribution is 0.469. The number of hydrogen-bond donors (Lipinski definition) is 3. The lowest BCUT2D eigenvalue weighted by atomic mass is 9.92. The Hall–Kier alpha value is -4.12. The predicted molar refractivity (Wildman–Crippen MR) is 126 cm³/mol. The van der Waals surface area contributed by atoms with Crippen molar-refractivity contribution >= 4 is 22.4 Å². The number of rotatable bonds is 3. The van der Waals surface area contributed by atoms with Crippen LogP contribution < -0.4 is 10.6 Å². The van der Waals surface area contributed by atoms with Gasteiger partial charge in [0.25, 0.3) is 0 Å². The zero-order valence-corrected chi connectivity index (χ0v) is 18.2. The smallest absolute Gasteiger partial charge is 0.182 e. The van der Waals surface area contributed by atoms with Gasteiger partial charge >= 0.3 is 0 Å². The standard InChI is InChI=1S/C25H23FN6O/c1-14-22-23(15-5-8-21(20(28)11-15)32-9-3-2-4-10-32)18(13-27)24(29-25(22)31-30-14)17-7-6-16(33)12-19(17)26/h5-8,11-12,33H,2-4,9-10,28H2,1H3,(H,29,30,31). The molecule has 7 nitrogen and oxygen atoms in total. The number of H-pyrrole nitrogens is 1. The number of anilines is 2. The van der Waals surface area contributed by atoms with E-state index in [0.717, 1.165) is 48.9 Å². The van der Waals surface area contributed by atoms with Crippen molar-refractivity contribution in [1.29, 1.82) is 5.26 Å². The van der Waals surface area contributed by atoms with E-state index in [1.807, 2.05) is 25.1 Å². The van der Waals surface area contributed by atoms with Crippen molar-refractivity contribution < 1.29 is 9.50 Å². The molecule has 0 spiro atoms. The number of fused-ring (bicyclic) bond motifs is 1. The number of aryl methyl sites for hydroxylation is 1. The SMILES string of the molecule is Cc1[nH]nc2nc(-c3ccc(O)cc3F)c(C#N)c(-c3ccc(N4CCCCC4)c(N)c3)c12. The quantitative estimate of drug-likeness (QED) is 0.389. The molecule has 0 atom stereocenters. The fraction of sp³-hybridized carbons (Fsp3) is 0.240. The zero-order chi connectivity index (χ0) is 23.1. The molecule has 1 saturated heterocycles. The zero-order valence-electron chi connectivity index (χ0n) is 18.2. The molecule has 0 amide bonds. The van der Waals surface area contributed by atoms with Crippen LogP contribution in [0.5, 0.6) is 5.75 Å². The van der Waals surface area contributed by atoms with Crippen molar-refractivity contribution in [2.24, 2.45) is 0 Å². The number of aromatic hydroxyl groups is 1. The average molecular weight is 442 g/mol. The molecule has 5 rings (SSSR count). The normalized spacial score (nSPS) is 13.9. The highest BCUT2D eigenvalue weighted by atomic mass is 19.1. The molecular weight excluding hydrogens is 419 g/mol. The monoisotopic (exact) mass is 442 g/mol. The number of phenols is 1. The summed E-state index contributed by atoms with van der Waals surface area (Å²) in [6.07, 6.45) is 3.51. The molecule has 4 N–H and O–H groups in total. The van der Waals surface area contributed by atoms with Crippen molar-refractivity contribution in [3.63, 3.8) is 0 Å². The summed E-state index contributed by atoms with van der Waals surface area (Å²) in [5.74, 6) is -0.871. The van der Waals surface area contributed by atoms with E-state index in [1.54, 1.807) is 0 Å². The Morgan fingerprint density at radius 1 is 1.15 bits per heavy atom. The highest BCUT2D eigenvalue weighted by Gasteiger charge is 2.24. The maximum atomic E-state index is 14.8. The number of aromatic nitrogens is 3. The first kappa shape index (κ1) is 20.8. The topological polar surface area (TPSA) is 115 Å². The summed E-state index contributed by atoms with van der Waals surface area (Å²) in [5, 5.41) is 27.7. The summed E-state index contributed by atoms with van der Waals surface area (Å²) in [6.45, 7) is 3.79. The fourth-order valence-electron chi connectivity index (χ4n) is 4.62. The summed E-state index contributed by atoms with van der Waals surface area (Å²) >= 11 is 0. The molecule has 1 fully saturated rings. The van der Waals surface area contributed by atoms with Gasteiger partial charge in [0.05, 0.1) is 28.0 Å². The van der Waals surface area contributed by atoms with Crippen LogP contribution in [-0.4, -0.2) is 33.4 Å². The van der Waals surface area contributed by atoms with E-state index >= 15 is 0 Å². The number of pyridine rings is 1. The van der Waals surface area contributed by atoms with E-state index in [1.165, 1.54) is 18.6 Å². The second-order valence-corrected chi connectivity index (χ2v) is 8.35. The van der Waals surface area contributed by atoms with Crippen LogP contribution in [0.3, 0.4) is 0 Å². The predicted octanol–water partition coefficient (Wildman–Crippen LogP) is 4.89. The van der Waals surface area contributed by atoms with Crippen LogP contribution >= 0.6 is 0 Å². The third kappa shape index (κ3) is 3.52. The number of aromatic amines is 1. The Bertz CT molecular complexity index is 1410. The van der Waals surface area contributed by atoms with Gasteiger partial charge in [-0.15, -0.1) is 0 Å². The highest BCUT2D eigenvalue weighted by Crippen LogP contribution is 2.40. The van der Waals surface area contributed by atoms with Crippen LogP contribution in [0.4, 0.5) is 15.8 Å². The van der Waals surface area contributed by atoms with Gasteiger partial charge in [0.2, 0.25) is 0 Å². The van der Waals surface area contributed by atoms with Gasteiger partial charge in [0.15, 0.2) is 5.65 Å². The third-order valence-corrected chi connectivity index (χ3v) is 6.22.